The van der Waals surface area contributed by atoms with Crippen molar-refractivity contribution in [3.05, 3.63) is 29.3 Å². The molecular formula is C20H30N2O2. The SMILES string of the molecule is CCC1CN(C(C)=O)CCC1NCc1ccc2c(c1)CC(C)(C)O2. The van der Waals surface area contributed by atoms with Crippen LogP contribution in [0.2, 0.25) is 0 Å². The zero-order valence-corrected chi connectivity index (χ0v) is 15.4. The van der Waals surface area contributed by atoms with Gasteiger partial charge in [0.15, 0.2) is 0 Å². The summed E-state index contributed by atoms with van der Waals surface area (Å²) >= 11 is 0. The Morgan fingerprint density at radius 3 is 2.92 bits per heavy atom. The maximum atomic E-state index is 11.6. The summed E-state index contributed by atoms with van der Waals surface area (Å²) in [5.41, 5.74) is 2.55. The van der Waals surface area contributed by atoms with Crippen LogP contribution in [0.3, 0.4) is 0 Å². The molecule has 2 atom stereocenters. The van der Waals surface area contributed by atoms with Crippen molar-refractivity contribution in [3.63, 3.8) is 0 Å². The first-order chi connectivity index (χ1) is 11.4. The van der Waals surface area contributed by atoms with Gasteiger partial charge in [-0.05, 0) is 43.4 Å². The van der Waals surface area contributed by atoms with Gasteiger partial charge in [-0.15, -0.1) is 0 Å². The van der Waals surface area contributed by atoms with Gasteiger partial charge >= 0.3 is 0 Å². The molecule has 4 nitrogen and oxygen atoms in total. The molecule has 2 heterocycles. The molecule has 0 aliphatic carbocycles. The molecule has 0 bridgehead atoms. The predicted molar refractivity (Wildman–Crippen MR) is 96.1 cm³/mol. The number of nitrogens with one attached hydrogen (secondary N) is 1. The van der Waals surface area contributed by atoms with Crippen molar-refractivity contribution in [1.82, 2.24) is 10.2 Å². The summed E-state index contributed by atoms with van der Waals surface area (Å²) in [6.45, 7) is 10.8. The molecule has 0 saturated carbocycles. The Hall–Kier alpha value is -1.55. The van der Waals surface area contributed by atoms with E-state index in [0.29, 0.717) is 12.0 Å². The number of hydrogen-bond donors (Lipinski definition) is 1. The van der Waals surface area contributed by atoms with Gasteiger partial charge in [0.2, 0.25) is 5.91 Å². The van der Waals surface area contributed by atoms with Crippen molar-refractivity contribution in [2.45, 2.75) is 65.1 Å². The third-order valence-corrected chi connectivity index (χ3v) is 5.40. The maximum absolute atomic E-state index is 11.6. The molecule has 1 fully saturated rings. The molecule has 2 unspecified atom stereocenters. The van der Waals surface area contributed by atoms with Crippen molar-refractivity contribution < 1.29 is 9.53 Å². The minimum absolute atomic E-state index is 0.0821. The minimum atomic E-state index is -0.0821. The summed E-state index contributed by atoms with van der Waals surface area (Å²) < 4.78 is 5.95. The summed E-state index contributed by atoms with van der Waals surface area (Å²) in [4.78, 5) is 13.6. The molecule has 0 spiro atoms. The highest BCUT2D eigenvalue weighted by molar-refractivity contribution is 5.73. The molecular weight excluding hydrogens is 300 g/mol. The van der Waals surface area contributed by atoms with Crippen LogP contribution in [0.1, 0.15) is 51.7 Å². The van der Waals surface area contributed by atoms with E-state index < -0.39 is 0 Å². The standard InChI is InChI=1S/C20H30N2O2/c1-5-16-13-22(14(2)23)9-8-18(16)21-12-15-6-7-19-17(10-15)11-20(3,4)24-19/h6-7,10,16,18,21H,5,8-9,11-13H2,1-4H3. The number of ether oxygens (including phenoxy) is 1. The number of benzene rings is 1. The lowest BCUT2D eigenvalue weighted by atomic mass is 9.89. The topological polar surface area (TPSA) is 41.6 Å². The van der Waals surface area contributed by atoms with Gasteiger partial charge in [-0.2, -0.15) is 0 Å². The third-order valence-electron chi connectivity index (χ3n) is 5.40. The van der Waals surface area contributed by atoms with Crippen LogP contribution < -0.4 is 10.1 Å². The number of fused-ring (bicyclic) bond motifs is 1. The van der Waals surface area contributed by atoms with Gasteiger partial charge < -0.3 is 15.0 Å². The highest BCUT2D eigenvalue weighted by atomic mass is 16.5. The molecule has 2 aliphatic heterocycles. The van der Waals surface area contributed by atoms with Crippen LogP contribution in [-0.2, 0) is 17.8 Å². The van der Waals surface area contributed by atoms with Crippen molar-refractivity contribution >= 4 is 5.91 Å². The summed E-state index contributed by atoms with van der Waals surface area (Å²) in [6.07, 6.45) is 3.12. The lowest BCUT2D eigenvalue weighted by Crippen LogP contribution is -2.50. The fourth-order valence-electron chi connectivity index (χ4n) is 4.02. The number of likely N-dealkylation sites (tertiary alicyclic amines) is 1. The Balaban J connectivity index is 1.59. The van der Waals surface area contributed by atoms with Gasteiger partial charge in [0.25, 0.3) is 0 Å². The number of rotatable bonds is 4. The van der Waals surface area contributed by atoms with Crippen molar-refractivity contribution in [3.8, 4) is 5.75 Å². The van der Waals surface area contributed by atoms with Crippen molar-refractivity contribution in [1.29, 1.82) is 0 Å². The van der Waals surface area contributed by atoms with Gasteiger partial charge in [-0.1, -0.05) is 25.5 Å². The van der Waals surface area contributed by atoms with E-state index in [9.17, 15) is 4.79 Å². The molecule has 1 amide bonds. The number of nitrogens with zero attached hydrogens (tertiary/aromatic N) is 1. The third kappa shape index (κ3) is 3.75. The van der Waals surface area contributed by atoms with Gasteiger partial charge in [0.05, 0.1) is 0 Å². The molecule has 1 aromatic carbocycles. The molecule has 0 aromatic heterocycles. The minimum Gasteiger partial charge on any atom is -0.487 e. The quantitative estimate of drug-likeness (QED) is 0.922. The van der Waals surface area contributed by atoms with E-state index in [-0.39, 0.29) is 11.5 Å². The Bertz CT molecular complexity index is 612. The van der Waals surface area contributed by atoms with Crippen LogP contribution in [-0.4, -0.2) is 35.5 Å². The van der Waals surface area contributed by atoms with Gasteiger partial charge in [-0.25, -0.2) is 0 Å². The Kier molecular flexibility index (Phi) is 4.86. The fraction of sp³-hybridized carbons (Fsp3) is 0.650. The van der Waals surface area contributed by atoms with Crippen LogP contribution in [0.5, 0.6) is 5.75 Å². The van der Waals surface area contributed by atoms with E-state index in [1.54, 1.807) is 6.92 Å². The van der Waals surface area contributed by atoms with E-state index in [1.807, 2.05) is 4.90 Å². The Labute approximate surface area is 145 Å². The van der Waals surface area contributed by atoms with Crippen LogP contribution >= 0.6 is 0 Å². The molecule has 24 heavy (non-hydrogen) atoms. The number of amides is 1. The van der Waals surface area contributed by atoms with E-state index in [2.05, 4.69) is 44.3 Å². The zero-order valence-electron chi connectivity index (χ0n) is 15.4. The molecule has 4 heteroatoms. The Morgan fingerprint density at radius 1 is 1.42 bits per heavy atom. The molecule has 1 N–H and O–H groups in total. The maximum Gasteiger partial charge on any atom is 0.219 e. The second-order valence-electron chi connectivity index (χ2n) is 7.89. The molecule has 1 saturated heterocycles. The van der Waals surface area contributed by atoms with E-state index in [0.717, 1.165) is 44.6 Å². The smallest absolute Gasteiger partial charge is 0.219 e. The largest absolute Gasteiger partial charge is 0.487 e. The first-order valence-electron chi connectivity index (χ1n) is 9.17. The fourth-order valence-corrected chi connectivity index (χ4v) is 4.02. The van der Waals surface area contributed by atoms with Gasteiger partial charge in [0, 0.05) is 39.0 Å². The summed E-state index contributed by atoms with van der Waals surface area (Å²) in [7, 11) is 0. The number of carbonyl (C=O) groups excluding carboxylic acids is 1. The lowest BCUT2D eigenvalue weighted by Gasteiger charge is -2.38. The van der Waals surface area contributed by atoms with Gasteiger partial charge in [-0.3, -0.25) is 4.79 Å². The molecule has 1 aromatic rings. The highest BCUT2D eigenvalue weighted by Gasteiger charge is 2.31. The van der Waals surface area contributed by atoms with Gasteiger partial charge in [0.1, 0.15) is 11.4 Å². The molecule has 2 aliphatic rings. The first-order valence-corrected chi connectivity index (χ1v) is 9.17. The van der Waals surface area contributed by atoms with Crippen molar-refractivity contribution in [2.75, 3.05) is 13.1 Å². The van der Waals surface area contributed by atoms with E-state index >= 15 is 0 Å². The monoisotopic (exact) mass is 330 g/mol. The number of hydrogen-bond acceptors (Lipinski definition) is 3. The highest BCUT2D eigenvalue weighted by Crippen LogP contribution is 2.35. The average molecular weight is 330 g/mol. The summed E-state index contributed by atoms with van der Waals surface area (Å²) in [5.74, 6) is 1.78. The molecule has 0 radical (unpaired) electrons. The number of carbonyl (C=O) groups is 1. The molecule has 132 valence electrons. The van der Waals surface area contributed by atoms with E-state index in [1.165, 1.54) is 11.1 Å². The van der Waals surface area contributed by atoms with Crippen LogP contribution in [0, 0.1) is 5.92 Å². The summed E-state index contributed by atoms with van der Waals surface area (Å²) in [6, 6.07) is 7.05. The molecule has 3 rings (SSSR count). The predicted octanol–water partition coefficient (Wildman–Crippen LogP) is 3.14. The second-order valence-corrected chi connectivity index (χ2v) is 7.89. The Morgan fingerprint density at radius 2 is 2.21 bits per heavy atom. The van der Waals surface area contributed by atoms with E-state index in [4.69, 9.17) is 4.74 Å². The number of piperidine rings is 1. The second kappa shape index (κ2) is 6.75. The van der Waals surface area contributed by atoms with Crippen LogP contribution in [0.25, 0.3) is 0 Å². The summed E-state index contributed by atoms with van der Waals surface area (Å²) in [5, 5.41) is 3.73. The normalized spacial score (nSPS) is 25.2. The van der Waals surface area contributed by atoms with Crippen LogP contribution in [0.4, 0.5) is 0 Å². The van der Waals surface area contributed by atoms with Crippen LogP contribution in [0.15, 0.2) is 18.2 Å². The zero-order chi connectivity index (χ0) is 17.3. The van der Waals surface area contributed by atoms with Crippen molar-refractivity contribution in [2.24, 2.45) is 5.92 Å². The average Bonchev–Trinajstić information content (AvgIpc) is 2.85. The first kappa shape index (κ1) is 17.3. The lowest BCUT2D eigenvalue weighted by molar-refractivity contribution is -0.131.